The summed E-state index contributed by atoms with van der Waals surface area (Å²) in [7, 11) is 0. The molecular weight excluding hydrogens is 360 g/mol. The minimum atomic E-state index is -0.498. The van der Waals surface area contributed by atoms with Crippen LogP contribution >= 0.6 is 11.3 Å². The molecule has 3 N–H and O–H groups in total. The predicted molar refractivity (Wildman–Crippen MR) is 106 cm³/mol. The summed E-state index contributed by atoms with van der Waals surface area (Å²) in [6.07, 6.45) is 0. The first-order chi connectivity index (χ1) is 13.2. The maximum absolute atomic E-state index is 11.6. The van der Waals surface area contributed by atoms with Crippen LogP contribution in [0.3, 0.4) is 0 Å². The molecule has 0 aliphatic carbocycles. The van der Waals surface area contributed by atoms with Crippen molar-refractivity contribution in [2.75, 3.05) is 0 Å². The number of hydrogen-bond acceptors (Lipinski definition) is 5. The number of rotatable bonds is 6. The van der Waals surface area contributed by atoms with E-state index in [1.54, 1.807) is 11.5 Å². The lowest BCUT2D eigenvalue weighted by Crippen LogP contribution is -2.16. The van der Waals surface area contributed by atoms with Crippen LogP contribution in [0.2, 0.25) is 0 Å². The number of hydroxylamine groups is 1. The number of thiophene rings is 1. The molecule has 0 aliphatic rings. The van der Waals surface area contributed by atoms with Crippen LogP contribution in [0.4, 0.5) is 0 Å². The van der Waals surface area contributed by atoms with Crippen molar-refractivity contribution in [2.45, 2.75) is 13.1 Å². The Balaban J connectivity index is 1.46. The first-order valence-corrected chi connectivity index (χ1v) is 9.36. The van der Waals surface area contributed by atoms with E-state index >= 15 is 0 Å². The van der Waals surface area contributed by atoms with E-state index in [4.69, 9.17) is 9.62 Å². The van der Waals surface area contributed by atoms with Gasteiger partial charge in [-0.15, -0.1) is 11.3 Å². The quantitative estimate of drug-likeness (QED) is 0.339. The summed E-state index contributed by atoms with van der Waals surface area (Å²) in [6, 6.07) is 21.8. The second-order valence-corrected chi connectivity index (χ2v) is 7.24. The van der Waals surface area contributed by atoms with Gasteiger partial charge in [-0.2, -0.15) is 0 Å². The van der Waals surface area contributed by atoms with Gasteiger partial charge in [0.05, 0.1) is 11.4 Å². The minimum absolute atomic E-state index is 0.467. The number of carbonyl (C=O) groups excluding carboxylic acids is 1. The zero-order valence-corrected chi connectivity index (χ0v) is 15.3. The highest BCUT2D eigenvalue weighted by molar-refractivity contribution is 7.20. The van der Waals surface area contributed by atoms with Gasteiger partial charge in [-0.1, -0.05) is 30.3 Å². The summed E-state index contributed by atoms with van der Waals surface area (Å²) in [5.41, 5.74) is 3.85. The van der Waals surface area contributed by atoms with Crippen molar-refractivity contribution in [2.24, 2.45) is 0 Å². The molecule has 4 rings (SSSR count). The molecule has 1 amide bonds. The summed E-state index contributed by atoms with van der Waals surface area (Å²) in [5.74, 6) is 1.15. The highest BCUT2D eigenvalue weighted by Gasteiger charge is 2.11. The van der Waals surface area contributed by atoms with Crippen molar-refractivity contribution in [1.29, 1.82) is 0 Å². The third kappa shape index (κ3) is 3.93. The van der Waals surface area contributed by atoms with E-state index in [9.17, 15) is 4.79 Å². The minimum Gasteiger partial charge on any atom is -0.460 e. The van der Waals surface area contributed by atoms with E-state index < -0.39 is 5.91 Å². The van der Waals surface area contributed by atoms with Gasteiger partial charge < -0.3 is 9.73 Å². The van der Waals surface area contributed by atoms with Gasteiger partial charge in [0, 0.05) is 16.8 Å². The van der Waals surface area contributed by atoms with Gasteiger partial charge >= 0.3 is 0 Å². The average Bonchev–Trinajstić information content (AvgIpc) is 3.34. The molecule has 0 aliphatic heterocycles. The smallest absolute Gasteiger partial charge is 0.284 e. The highest BCUT2D eigenvalue weighted by atomic mass is 32.1. The Kier molecular flexibility index (Phi) is 5.02. The molecule has 0 radical (unpaired) electrons. The summed E-state index contributed by atoms with van der Waals surface area (Å²) >= 11 is 1.34. The van der Waals surface area contributed by atoms with Crippen LogP contribution in [-0.4, -0.2) is 11.1 Å². The molecule has 4 aromatic rings. The van der Waals surface area contributed by atoms with Crippen LogP contribution in [0.25, 0.3) is 21.4 Å². The van der Waals surface area contributed by atoms with Gasteiger partial charge in [0.15, 0.2) is 0 Å². The van der Waals surface area contributed by atoms with Crippen molar-refractivity contribution in [3.8, 4) is 11.3 Å². The molecule has 27 heavy (non-hydrogen) atoms. The average molecular weight is 378 g/mol. The lowest BCUT2D eigenvalue weighted by molar-refractivity contribution is 0.0711. The molecule has 0 unspecified atom stereocenters. The van der Waals surface area contributed by atoms with Crippen LogP contribution < -0.4 is 10.8 Å². The Morgan fingerprint density at radius 2 is 1.85 bits per heavy atom. The lowest BCUT2D eigenvalue weighted by Gasteiger charge is -2.03. The Hall–Kier alpha value is -2.93. The van der Waals surface area contributed by atoms with Gasteiger partial charge in [0.2, 0.25) is 0 Å². The molecular formula is C21H18N2O3S. The number of carbonyl (C=O) groups is 1. The van der Waals surface area contributed by atoms with Crippen molar-refractivity contribution in [1.82, 2.24) is 10.8 Å². The summed E-state index contributed by atoms with van der Waals surface area (Å²) in [4.78, 5) is 12.0. The maximum atomic E-state index is 11.6. The molecule has 0 fully saturated rings. The standard InChI is InChI=1S/C21H18N2O3S/c24-21(23-25)20-11-16-10-15(6-9-19(16)27-20)18-8-7-17(26-18)13-22-12-14-4-2-1-3-5-14/h1-11,22,25H,12-13H2,(H,23,24). The lowest BCUT2D eigenvalue weighted by atomic mass is 10.1. The van der Waals surface area contributed by atoms with E-state index in [0.717, 1.165) is 33.7 Å². The predicted octanol–water partition coefficient (Wildman–Crippen LogP) is 4.57. The molecule has 0 saturated carbocycles. The number of fused-ring (bicyclic) bond motifs is 1. The van der Waals surface area contributed by atoms with Gasteiger partial charge in [-0.25, -0.2) is 5.48 Å². The molecule has 2 aromatic heterocycles. The molecule has 5 nitrogen and oxygen atoms in total. The Morgan fingerprint density at radius 1 is 1.00 bits per heavy atom. The first kappa shape index (κ1) is 17.5. The van der Waals surface area contributed by atoms with Gasteiger partial charge in [-0.05, 0) is 47.3 Å². The zero-order chi connectivity index (χ0) is 18.6. The van der Waals surface area contributed by atoms with Crippen molar-refractivity contribution < 1.29 is 14.4 Å². The third-order valence-corrected chi connectivity index (χ3v) is 5.37. The molecule has 2 aromatic carbocycles. The number of amides is 1. The molecule has 2 heterocycles. The van der Waals surface area contributed by atoms with E-state index in [-0.39, 0.29) is 0 Å². The number of furan rings is 1. The number of hydrogen-bond donors (Lipinski definition) is 3. The zero-order valence-electron chi connectivity index (χ0n) is 14.4. The second kappa shape index (κ2) is 7.75. The topological polar surface area (TPSA) is 74.5 Å². The largest absolute Gasteiger partial charge is 0.460 e. The van der Waals surface area contributed by atoms with Crippen LogP contribution in [0.1, 0.15) is 21.0 Å². The Morgan fingerprint density at radius 3 is 2.67 bits per heavy atom. The molecule has 6 heteroatoms. The molecule has 0 spiro atoms. The second-order valence-electron chi connectivity index (χ2n) is 6.16. The van der Waals surface area contributed by atoms with E-state index in [2.05, 4.69) is 17.4 Å². The Labute approximate surface area is 160 Å². The highest BCUT2D eigenvalue weighted by Crippen LogP contribution is 2.31. The van der Waals surface area contributed by atoms with Crippen molar-refractivity contribution in [3.05, 3.63) is 82.9 Å². The fourth-order valence-electron chi connectivity index (χ4n) is 2.92. The molecule has 0 saturated heterocycles. The van der Waals surface area contributed by atoms with Crippen LogP contribution in [0, 0.1) is 0 Å². The van der Waals surface area contributed by atoms with Crippen molar-refractivity contribution >= 4 is 27.3 Å². The fraction of sp³-hybridized carbons (Fsp3) is 0.0952. The summed E-state index contributed by atoms with van der Waals surface area (Å²) < 4.78 is 6.93. The molecule has 0 atom stereocenters. The summed E-state index contributed by atoms with van der Waals surface area (Å²) in [5, 5.41) is 13.1. The monoisotopic (exact) mass is 378 g/mol. The van der Waals surface area contributed by atoms with Crippen LogP contribution in [0.15, 0.2) is 71.1 Å². The van der Waals surface area contributed by atoms with Crippen molar-refractivity contribution in [3.63, 3.8) is 0 Å². The fourth-order valence-corrected chi connectivity index (χ4v) is 3.85. The Bertz CT molecular complexity index is 1070. The van der Waals surface area contributed by atoms with E-state index in [1.807, 2.05) is 48.5 Å². The van der Waals surface area contributed by atoms with Gasteiger partial charge in [0.1, 0.15) is 11.5 Å². The summed E-state index contributed by atoms with van der Waals surface area (Å²) in [6.45, 7) is 1.43. The first-order valence-electron chi connectivity index (χ1n) is 8.55. The number of benzene rings is 2. The molecule has 136 valence electrons. The van der Waals surface area contributed by atoms with E-state index in [1.165, 1.54) is 16.9 Å². The maximum Gasteiger partial charge on any atom is 0.284 e. The SMILES string of the molecule is O=C(NO)c1cc2cc(-c3ccc(CNCc4ccccc4)o3)ccc2s1. The number of nitrogens with one attached hydrogen (secondary N) is 2. The van der Waals surface area contributed by atoms with Gasteiger partial charge in [-0.3, -0.25) is 10.0 Å². The molecule has 0 bridgehead atoms. The normalized spacial score (nSPS) is 11.0. The van der Waals surface area contributed by atoms with E-state index in [0.29, 0.717) is 11.4 Å². The van der Waals surface area contributed by atoms with Gasteiger partial charge in [0.25, 0.3) is 5.91 Å². The van der Waals surface area contributed by atoms with Crippen LogP contribution in [0.5, 0.6) is 0 Å². The van der Waals surface area contributed by atoms with Crippen LogP contribution in [-0.2, 0) is 13.1 Å². The third-order valence-electron chi connectivity index (χ3n) is 4.26.